The lowest BCUT2D eigenvalue weighted by molar-refractivity contribution is -0.128. The van der Waals surface area contributed by atoms with E-state index < -0.39 is 0 Å². The van der Waals surface area contributed by atoms with Crippen LogP contribution in [-0.2, 0) is 20.9 Å². The number of nitrogens with zero attached hydrogens (tertiary/aromatic N) is 1. The summed E-state index contributed by atoms with van der Waals surface area (Å²) < 4.78 is 10.9. The standard InChI is InChI=1S/C15H20N2O4/c1-10(18)17-7-13-11(9-21-14(13)8-17)5-15(19)16-6-12-3-2-4-20-12/h2-4,11,13-14H,5-9H2,1H3,(H,16,19)/t11-,13-,14-/m1/s1. The van der Waals surface area contributed by atoms with Crippen molar-refractivity contribution in [2.75, 3.05) is 19.7 Å². The Balaban J connectivity index is 1.49. The summed E-state index contributed by atoms with van der Waals surface area (Å²) in [7, 11) is 0. The first-order valence-electron chi connectivity index (χ1n) is 7.29. The van der Waals surface area contributed by atoms with Gasteiger partial charge in [0.2, 0.25) is 11.8 Å². The van der Waals surface area contributed by atoms with Crippen molar-refractivity contribution in [2.45, 2.75) is 26.0 Å². The fourth-order valence-electron chi connectivity index (χ4n) is 3.18. The maximum atomic E-state index is 12.0. The first kappa shape index (κ1) is 14.1. The van der Waals surface area contributed by atoms with E-state index >= 15 is 0 Å². The number of carbonyl (C=O) groups is 2. The molecule has 0 unspecified atom stereocenters. The first-order valence-corrected chi connectivity index (χ1v) is 7.29. The minimum Gasteiger partial charge on any atom is -0.467 e. The Morgan fingerprint density at radius 2 is 2.29 bits per heavy atom. The largest absolute Gasteiger partial charge is 0.467 e. The van der Waals surface area contributed by atoms with Gasteiger partial charge in [0.1, 0.15) is 5.76 Å². The van der Waals surface area contributed by atoms with Gasteiger partial charge in [-0.2, -0.15) is 0 Å². The zero-order valence-corrected chi connectivity index (χ0v) is 12.1. The third kappa shape index (κ3) is 3.10. The summed E-state index contributed by atoms with van der Waals surface area (Å²) >= 11 is 0. The Bertz CT molecular complexity index is 514. The molecule has 1 aromatic rings. The monoisotopic (exact) mass is 292 g/mol. The van der Waals surface area contributed by atoms with Gasteiger partial charge in [-0.3, -0.25) is 9.59 Å². The third-order valence-corrected chi connectivity index (χ3v) is 4.37. The number of ether oxygens (including phenoxy) is 1. The molecule has 1 N–H and O–H groups in total. The van der Waals surface area contributed by atoms with Crippen molar-refractivity contribution in [3.8, 4) is 0 Å². The van der Waals surface area contributed by atoms with E-state index in [9.17, 15) is 9.59 Å². The molecule has 114 valence electrons. The predicted octanol–water partition coefficient (Wildman–Crippen LogP) is 0.779. The van der Waals surface area contributed by atoms with Gasteiger partial charge >= 0.3 is 0 Å². The van der Waals surface area contributed by atoms with Crippen LogP contribution in [0, 0.1) is 11.8 Å². The summed E-state index contributed by atoms with van der Waals surface area (Å²) in [6, 6.07) is 3.63. The number of hydrogen-bond donors (Lipinski definition) is 1. The predicted molar refractivity (Wildman–Crippen MR) is 74.1 cm³/mol. The lowest BCUT2D eigenvalue weighted by Crippen LogP contribution is -2.31. The van der Waals surface area contributed by atoms with Crippen LogP contribution in [0.25, 0.3) is 0 Å². The van der Waals surface area contributed by atoms with Gasteiger partial charge in [0.25, 0.3) is 0 Å². The van der Waals surface area contributed by atoms with Crippen LogP contribution in [-0.4, -0.2) is 42.5 Å². The average molecular weight is 292 g/mol. The summed E-state index contributed by atoms with van der Waals surface area (Å²) in [4.78, 5) is 25.2. The van der Waals surface area contributed by atoms with E-state index in [-0.39, 0.29) is 29.8 Å². The van der Waals surface area contributed by atoms with Crippen LogP contribution in [0.15, 0.2) is 22.8 Å². The van der Waals surface area contributed by atoms with Crippen LogP contribution in [0.1, 0.15) is 19.1 Å². The Morgan fingerprint density at radius 3 is 3.00 bits per heavy atom. The molecule has 0 aromatic carbocycles. The highest BCUT2D eigenvalue weighted by Gasteiger charge is 2.44. The first-order chi connectivity index (χ1) is 10.1. The molecule has 0 spiro atoms. The van der Waals surface area contributed by atoms with E-state index in [0.29, 0.717) is 32.7 Å². The summed E-state index contributed by atoms with van der Waals surface area (Å²) in [5.74, 6) is 1.29. The summed E-state index contributed by atoms with van der Waals surface area (Å²) in [6.07, 6.45) is 2.12. The zero-order valence-electron chi connectivity index (χ0n) is 12.1. The second-order valence-electron chi connectivity index (χ2n) is 5.78. The quantitative estimate of drug-likeness (QED) is 0.890. The molecule has 1 aromatic heterocycles. The number of amides is 2. The number of furan rings is 1. The van der Waals surface area contributed by atoms with Crippen molar-refractivity contribution in [1.82, 2.24) is 10.2 Å². The number of rotatable bonds is 4. The van der Waals surface area contributed by atoms with E-state index in [1.807, 2.05) is 11.0 Å². The molecule has 6 nitrogen and oxygen atoms in total. The number of nitrogens with one attached hydrogen (secondary N) is 1. The highest BCUT2D eigenvalue weighted by molar-refractivity contribution is 5.76. The van der Waals surface area contributed by atoms with E-state index in [1.165, 1.54) is 0 Å². The highest BCUT2D eigenvalue weighted by Crippen LogP contribution is 2.35. The molecule has 0 aliphatic carbocycles. The van der Waals surface area contributed by atoms with Crippen LogP contribution >= 0.6 is 0 Å². The molecule has 3 heterocycles. The lowest BCUT2D eigenvalue weighted by Gasteiger charge is -2.18. The van der Waals surface area contributed by atoms with Crippen molar-refractivity contribution < 1.29 is 18.7 Å². The Kier molecular flexibility index (Phi) is 3.96. The molecule has 21 heavy (non-hydrogen) atoms. The van der Waals surface area contributed by atoms with Crippen LogP contribution < -0.4 is 5.32 Å². The fraction of sp³-hybridized carbons (Fsp3) is 0.600. The number of carbonyl (C=O) groups excluding carboxylic acids is 2. The molecule has 3 atom stereocenters. The maximum absolute atomic E-state index is 12.0. The van der Waals surface area contributed by atoms with Crippen LogP contribution in [0.5, 0.6) is 0 Å². The van der Waals surface area contributed by atoms with Gasteiger partial charge in [-0.05, 0) is 18.1 Å². The van der Waals surface area contributed by atoms with Gasteiger partial charge < -0.3 is 19.4 Å². The Morgan fingerprint density at radius 1 is 1.43 bits per heavy atom. The molecular formula is C15H20N2O4. The summed E-state index contributed by atoms with van der Waals surface area (Å²) in [5, 5.41) is 2.86. The summed E-state index contributed by atoms with van der Waals surface area (Å²) in [5.41, 5.74) is 0. The van der Waals surface area contributed by atoms with Crippen LogP contribution in [0.4, 0.5) is 0 Å². The van der Waals surface area contributed by atoms with E-state index in [2.05, 4.69) is 5.32 Å². The SMILES string of the molecule is CC(=O)N1C[C@@H]2[C@H](CC(=O)NCc3ccco3)CO[C@@H]2C1. The maximum Gasteiger partial charge on any atom is 0.220 e. The molecule has 0 radical (unpaired) electrons. The molecule has 2 aliphatic heterocycles. The van der Waals surface area contributed by atoms with Crippen molar-refractivity contribution in [3.05, 3.63) is 24.2 Å². The van der Waals surface area contributed by atoms with Gasteiger partial charge in [-0.1, -0.05) is 0 Å². The highest BCUT2D eigenvalue weighted by atomic mass is 16.5. The third-order valence-electron chi connectivity index (χ3n) is 4.37. The molecular weight excluding hydrogens is 272 g/mol. The number of likely N-dealkylation sites (tertiary alicyclic amines) is 1. The van der Waals surface area contributed by atoms with E-state index in [0.717, 1.165) is 5.76 Å². The number of fused-ring (bicyclic) bond motifs is 1. The second-order valence-corrected chi connectivity index (χ2v) is 5.78. The zero-order chi connectivity index (χ0) is 14.8. The van der Waals surface area contributed by atoms with Crippen molar-refractivity contribution in [3.63, 3.8) is 0 Å². The van der Waals surface area contributed by atoms with Gasteiger partial charge in [0.15, 0.2) is 0 Å². The smallest absolute Gasteiger partial charge is 0.220 e. The van der Waals surface area contributed by atoms with Crippen LogP contribution in [0.3, 0.4) is 0 Å². The van der Waals surface area contributed by atoms with E-state index in [4.69, 9.17) is 9.15 Å². The molecule has 2 saturated heterocycles. The Hall–Kier alpha value is -1.82. The second kappa shape index (κ2) is 5.89. The lowest BCUT2D eigenvalue weighted by atomic mass is 9.90. The minimum absolute atomic E-state index is 0.00178. The molecule has 0 saturated carbocycles. The van der Waals surface area contributed by atoms with Crippen molar-refractivity contribution in [2.24, 2.45) is 11.8 Å². The Labute approximate surface area is 123 Å². The molecule has 2 amide bonds. The van der Waals surface area contributed by atoms with E-state index in [1.54, 1.807) is 19.3 Å². The molecule has 3 rings (SSSR count). The minimum atomic E-state index is 0.00178. The topological polar surface area (TPSA) is 71.8 Å². The normalized spacial score (nSPS) is 27.7. The van der Waals surface area contributed by atoms with Crippen molar-refractivity contribution in [1.29, 1.82) is 0 Å². The molecule has 0 bridgehead atoms. The molecule has 6 heteroatoms. The fourth-order valence-corrected chi connectivity index (χ4v) is 3.18. The molecule has 2 aliphatic rings. The van der Waals surface area contributed by atoms with Crippen molar-refractivity contribution >= 4 is 11.8 Å². The summed E-state index contributed by atoms with van der Waals surface area (Å²) in [6.45, 7) is 3.95. The van der Waals surface area contributed by atoms with Crippen LogP contribution in [0.2, 0.25) is 0 Å². The van der Waals surface area contributed by atoms with Gasteiger partial charge in [0.05, 0.1) is 25.5 Å². The molecule has 2 fully saturated rings. The number of hydrogen-bond acceptors (Lipinski definition) is 4. The van der Waals surface area contributed by atoms with Gasteiger partial charge in [0, 0.05) is 32.4 Å². The van der Waals surface area contributed by atoms with Gasteiger partial charge in [-0.25, -0.2) is 0 Å². The average Bonchev–Trinajstić information content (AvgIpc) is 3.14. The van der Waals surface area contributed by atoms with Gasteiger partial charge in [-0.15, -0.1) is 0 Å².